The summed E-state index contributed by atoms with van der Waals surface area (Å²) in [5.41, 5.74) is 3.86. The highest BCUT2D eigenvalue weighted by Gasteiger charge is 2.17. The summed E-state index contributed by atoms with van der Waals surface area (Å²) in [6.07, 6.45) is 10.7. The molecule has 2 aliphatic rings. The summed E-state index contributed by atoms with van der Waals surface area (Å²) < 4.78 is 2.35. The Balaban J connectivity index is 1.99. The van der Waals surface area contributed by atoms with Crippen molar-refractivity contribution in [3.63, 3.8) is 0 Å². The minimum absolute atomic E-state index is 0.898. The molecular weight excluding hydrogens is 208 g/mol. The van der Waals surface area contributed by atoms with E-state index in [1.807, 2.05) is 0 Å². The fourth-order valence-electron chi connectivity index (χ4n) is 2.56. The Labute approximate surface area is 99.8 Å². The van der Waals surface area contributed by atoms with Crippen LogP contribution in [0.2, 0.25) is 0 Å². The summed E-state index contributed by atoms with van der Waals surface area (Å²) in [4.78, 5) is 2.26. The van der Waals surface area contributed by atoms with Crippen LogP contribution in [0.4, 0.5) is 0 Å². The largest absolute Gasteiger partial charge is 0.329 e. The van der Waals surface area contributed by atoms with Gasteiger partial charge in [0.05, 0.1) is 12.2 Å². The van der Waals surface area contributed by atoms with Gasteiger partial charge in [-0.05, 0) is 30.4 Å². The highest BCUT2D eigenvalue weighted by atomic mass is 15.3. The molecule has 0 aliphatic carbocycles. The van der Waals surface area contributed by atoms with E-state index < -0.39 is 0 Å². The first kappa shape index (κ1) is 8.88. The molecule has 0 fully saturated rings. The fraction of sp³-hybridized carbons (Fsp3) is 0.0667. The van der Waals surface area contributed by atoms with Gasteiger partial charge in [-0.3, -0.25) is 0 Å². The average Bonchev–Trinajstić information content (AvgIpc) is 2.73. The van der Waals surface area contributed by atoms with E-state index >= 15 is 0 Å². The molecule has 17 heavy (non-hydrogen) atoms. The molecule has 0 atom stereocenters. The molecule has 2 heteroatoms. The Hall–Kier alpha value is -2.22. The van der Waals surface area contributed by atoms with E-state index in [9.17, 15) is 0 Å². The van der Waals surface area contributed by atoms with Gasteiger partial charge in [-0.1, -0.05) is 24.3 Å². The third-order valence-corrected chi connectivity index (χ3v) is 3.41. The maximum Gasteiger partial charge on any atom is 0.0994 e. The Kier molecular flexibility index (Phi) is 1.64. The molecule has 2 nitrogen and oxygen atoms in total. The minimum Gasteiger partial charge on any atom is -0.329 e. The van der Waals surface area contributed by atoms with Crippen LogP contribution in [-0.2, 0) is 6.67 Å². The maximum atomic E-state index is 2.35. The van der Waals surface area contributed by atoms with E-state index in [1.54, 1.807) is 0 Å². The number of fused-ring (bicyclic) bond motifs is 4. The summed E-state index contributed by atoms with van der Waals surface area (Å²) in [6, 6.07) is 10.8. The first-order valence-electron chi connectivity index (χ1n) is 5.83. The molecular formula is C15H12N2. The van der Waals surface area contributed by atoms with E-state index in [4.69, 9.17) is 0 Å². The third-order valence-electron chi connectivity index (χ3n) is 3.41. The first-order valence-corrected chi connectivity index (χ1v) is 5.83. The van der Waals surface area contributed by atoms with Crippen molar-refractivity contribution in [2.45, 2.75) is 6.67 Å². The van der Waals surface area contributed by atoms with Gasteiger partial charge in [-0.25, -0.2) is 0 Å². The molecule has 0 unspecified atom stereocenters. The van der Waals surface area contributed by atoms with Crippen LogP contribution in [0, 0.1) is 0 Å². The Morgan fingerprint density at radius 1 is 1.06 bits per heavy atom. The summed E-state index contributed by atoms with van der Waals surface area (Å²) >= 11 is 0. The lowest BCUT2D eigenvalue weighted by Crippen LogP contribution is -2.24. The smallest absolute Gasteiger partial charge is 0.0994 e. The molecule has 3 heterocycles. The number of benzene rings is 1. The SMILES string of the molecule is C1=CC2=Cc3cc4ccccc4n3CN2C=C1. The van der Waals surface area contributed by atoms with E-state index in [1.165, 1.54) is 22.3 Å². The van der Waals surface area contributed by atoms with Gasteiger partial charge in [0.15, 0.2) is 0 Å². The minimum atomic E-state index is 0.898. The fourth-order valence-corrected chi connectivity index (χ4v) is 2.56. The summed E-state index contributed by atoms with van der Waals surface area (Å²) in [5.74, 6) is 0. The number of nitrogens with zero attached hydrogens (tertiary/aromatic N) is 2. The van der Waals surface area contributed by atoms with Crippen molar-refractivity contribution in [2.75, 3.05) is 0 Å². The molecule has 0 amide bonds. The molecule has 0 bridgehead atoms. The molecule has 2 aliphatic heterocycles. The first-order chi connectivity index (χ1) is 8.42. The molecule has 0 radical (unpaired) electrons. The summed E-state index contributed by atoms with van der Waals surface area (Å²) in [5, 5.41) is 1.31. The zero-order valence-corrected chi connectivity index (χ0v) is 9.38. The van der Waals surface area contributed by atoms with Crippen molar-refractivity contribution >= 4 is 17.0 Å². The van der Waals surface area contributed by atoms with Crippen LogP contribution in [-0.4, -0.2) is 9.47 Å². The van der Waals surface area contributed by atoms with Crippen LogP contribution in [0.15, 0.2) is 60.5 Å². The lowest BCUT2D eigenvalue weighted by Gasteiger charge is -2.29. The summed E-state index contributed by atoms with van der Waals surface area (Å²) in [7, 11) is 0. The van der Waals surface area contributed by atoms with Crippen molar-refractivity contribution in [1.82, 2.24) is 9.47 Å². The second-order valence-electron chi connectivity index (χ2n) is 4.44. The number of hydrogen-bond acceptors (Lipinski definition) is 1. The van der Waals surface area contributed by atoms with Crippen LogP contribution >= 0.6 is 0 Å². The quantitative estimate of drug-likeness (QED) is 0.661. The zero-order chi connectivity index (χ0) is 11.2. The Morgan fingerprint density at radius 3 is 3.00 bits per heavy atom. The standard InChI is InChI=1S/C15H12N2/c1-2-7-15-12(5-1)9-14-10-13-6-3-4-8-16(13)11-17(14)15/h1-10H,11H2. The van der Waals surface area contributed by atoms with Gasteiger partial charge >= 0.3 is 0 Å². The van der Waals surface area contributed by atoms with E-state index in [2.05, 4.69) is 70.3 Å². The van der Waals surface area contributed by atoms with Crippen LogP contribution in [0.25, 0.3) is 17.0 Å². The number of aromatic nitrogens is 1. The zero-order valence-electron chi connectivity index (χ0n) is 9.38. The third kappa shape index (κ3) is 1.21. The van der Waals surface area contributed by atoms with Gasteiger partial charge < -0.3 is 9.47 Å². The Morgan fingerprint density at radius 2 is 2.00 bits per heavy atom. The second kappa shape index (κ2) is 3.14. The van der Waals surface area contributed by atoms with Gasteiger partial charge in [-0.2, -0.15) is 0 Å². The van der Waals surface area contributed by atoms with Gasteiger partial charge in [0.25, 0.3) is 0 Å². The van der Waals surface area contributed by atoms with Crippen molar-refractivity contribution in [1.29, 1.82) is 0 Å². The van der Waals surface area contributed by atoms with E-state index in [0.29, 0.717) is 0 Å². The Bertz CT molecular complexity index is 686. The maximum absolute atomic E-state index is 2.35. The van der Waals surface area contributed by atoms with Gasteiger partial charge in [-0.15, -0.1) is 0 Å². The number of rotatable bonds is 0. The average molecular weight is 220 g/mol. The number of hydrogen-bond donors (Lipinski definition) is 0. The molecule has 0 N–H and O–H groups in total. The molecule has 1 aromatic heterocycles. The molecule has 82 valence electrons. The predicted molar refractivity (Wildman–Crippen MR) is 70.0 cm³/mol. The van der Waals surface area contributed by atoms with Gasteiger partial charge in [0.2, 0.25) is 0 Å². The van der Waals surface area contributed by atoms with Crippen LogP contribution in [0.1, 0.15) is 5.69 Å². The predicted octanol–water partition coefficient (Wildman–Crippen LogP) is 3.34. The van der Waals surface area contributed by atoms with Crippen LogP contribution < -0.4 is 0 Å². The van der Waals surface area contributed by atoms with E-state index in [0.717, 1.165) is 6.67 Å². The van der Waals surface area contributed by atoms with Crippen molar-refractivity contribution in [3.8, 4) is 0 Å². The normalized spacial score (nSPS) is 16.9. The molecule has 4 rings (SSSR count). The van der Waals surface area contributed by atoms with Crippen molar-refractivity contribution < 1.29 is 0 Å². The van der Waals surface area contributed by atoms with Crippen LogP contribution in [0.3, 0.4) is 0 Å². The molecule has 0 saturated heterocycles. The monoisotopic (exact) mass is 220 g/mol. The molecule has 0 spiro atoms. The topological polar surface area (TPSA) is 8.17 Å². The molecule has 2 aromatic rings. The van der Waals surface area contributed by atoms with Crippen molar-refractivity contribution in [2.24, 2.45) is 0 Å². The highest BCUT2D eigenvalue weighted by Crippen LogP contribution is 2.28. The van der Waals surface area contributed by atoms with Gasteiger partial charge in [0, 0.05) is 23.0 Å². The number of allylic oxidation sites excluding steroid dienone is 3. The lowest BCUT2D eigenvalue weighted by molar-refractivity contribution is 0.379. The molecule has 0 saturated carbocycles. The van der Waals surface area contributed by atoms with Crippen LogP contribution in [0.5, 0.6) is 0 Å². The lowest BCUT2D eigenvalue weighted by atomic mass is 10.2. The summed E-state index contributed by atoms with van der Waals surface area (Å²) in [6.45, 7) is 0.898. The molecule has 1 aromatic carbocycles. The highest BCUT2D eigenvalue weighted by molar-refractivity contribution is 5.84. The second-order valence-corrected chi connectivity index (χ2v) is 4.44. The van der Waals surface area contributed by atoms with E-state index in [-0.39, 0.29) is 0 Å². The number of para-hydroxylation sites is 1. The van der Waals surface area contributed by atoms with Gasteiger partial charge in [0.1, 0.15) is 0 Å². The van der Waals surface area contributed by atoms with Crippen molar-refractivity contribution in [3.05, 3.63) is 66.2 Å².